The van der Waals surface area contributed by atoms with E-state index in [0.29, 0.717) is 19.7 Å². The molecule has 3 N–H and O–H groups in total. The number of aliphatic hydroxyl groups excluding tert-OH is 1. The van der Waals surface area contributed by atoms with Crippen LogP contribution in [-0.2, 0) is 9.53 Å². The molecule has 0 aromatic heterocycles. The van der Waals surface area contributed by atoms with E-state index in [1.165, 1.54) is 0 Å². The molecule has 112 valence electrons. The SMILES string of the molecule is CCC(CC)(CCO)CNC(=O)[C@H]1NCCO[C@@H]1C. The molecule has 0 aromatic rings. The van der Waals surface area contributed by atoms with E-state index in [-0.39, 0.29) is 30.1 Å². The molecule has 1 rings (SSSR count). The van der Waals surface area contributed by atoms with Gasteiger partial charge in [-0.25, -0.2) is 0 Å². The molecular formula is C14H28N2O3. The molecule has 0 bridgehead atoms. The molecule has 0 aliphatic carbocycles. The fourth-order valence-corrected chi connectivity index (χ4v) is 2.59. The van der Waals surface area contributed by atoms with Gasteiger partial charge in [0, 0.05) is 19.7 Å². The van der Waals surface area contributed by atoms with Crippen molar-refractivity contribution in [2.45, 2.75) is 52.2 Å². The van der Waals surface area contributed by atoms with Gasteiger partial charge >= 0.3 is 0 Å². The fraction of sp³-hybridized carbons (Fsp3) is 0.929. The van der Waals surface area contributed by atoms with Crippen LogP contribution in [0.25, 0.3) is 0 Å². The summed E-state index contributed by atoms with van der Waals surface area (Å²) in [6.45, 7) is 8.28. The second-order valence-electron chi connectivity index (χ2n) is 5.41. The van der Waals surface area contributed by atoms with Crippen LogP contribution in [-0.4, -0.2) is 49.5 Å². The summed E-state index contributed by atoms with van der Waals surface area (Å²) in [6, 6.07) is -0.269. The third-order valence-corrected chi connectivity index (χ3v) is 4.38. The first-order chi connectivity index (χ1) is 9.08. The molecule has 1 amide bonds. The lowest BCUT2D eigenvalue weighted by Crippen LogP contribution is -2.56. The second-order valence-corrected chi connectivity index (χ2v) is 5.41. The minimum absolute atomic E-state index is 0.00315. The van der Waals surface area contributed by atoms with Gasteiger partial charge in [-0.15, -0.1) is 0 Å². The zero-order valence-electron chi connectivity index (χ0n) is 12.4. The van der Waals surface area contributed by atoms with E-state index in [0.717, 1.165) is 19.3 Å². The minimum atomic E-state index is -0.269. The highest BCUT2D eigenvalue weighted by molar-refractivity contribution is 5.82. The van der Waals surface area contributed by atoms with E-state index in [9.17, 15) is 9.90 Å². The molecule has 1 heterocycles. The predicted molar refractivity (Wildman–Crippen MR) is 74.9 cm³/mol. The Balaban J connectivity index is 2.51. The molecule has 1 saturated heterocycles. The number of rotatable bonds is 7. The van der Waals surface area contributed by atoms with Crippen molar-refractivity contribution in [1.82, 2.24) is 10.6 Å². The van der Waals surface area contributed by atoms with Gasteiger partial charge in [0.25, 0.3) is 0 Å². The number of hydrogen-bond acceptors (Lipinski definition) is 4. The number of amides is 1. The first-order valence-corrected chi connectivity index (χ1v) is 7.32. The summed E-state index contributed by atoms with van der Waals surface area (Å²) in [6.07, 6.45) is 2.54. The molecule has 5 heteroatoms. The van der Waals surface area contributed by atoms with Crippen LogP contribution in [0, 0.1) is 5.41 Å². The topological polar surface area (TPSA) is 70.6 Å². The molecule has 0 saturated carbocycles. The maximum Gasteiger partial charge on any atom is 0.239 e. The molecule has 5 nitrogen and oxygen atoms in total. The van der Waals surface area contributed by atoms with Crippen molar-refractivity contribution in [2.75, 3.05) is 26.3 Å². The van der Waals surface area contributed by atoms with E-state index in [1.807, 2.05) is 6.92 Å². The largest absolute Gasteiger partial charge is 0.396 e. The summed E-state index contributed by atoms with van der Waals surface area (Å²) in [5.74, 6) is -0.00332. The van der Waals surface area contributed by atoms with Crippen LogP contribution in [0.3, 0.4) is 0 Å². The van der Waals surface area contributed by atoms with Crippen molar-refractivity contribution >= 4 is 5.91 Å². The van der Waals surface area contributed by atoms with Gasteiger partial charge < -0.3 is 20.5 Å². The van der Waals surface area contributed by atoms with Crippen molar-refractivity contribution in [3.63, 3.8) is 0 Å². The molecule has 0 aromatic carbocycles. The number of hydrogen-bond donors (Lipinski definition) is 3. The second kappa shape index (κ2) is 7.82. The quantitative estimate of drug-likeness (QED) is 0.637. The van der Waals surface area contributed by atoms with E-state index < -0.39 is 0 Å². The highest BCUT2D eigenvalue weighted by Crippen LogP contribution is 2.29. The van der Waals surface area contributed by atoms with Gasteiger partial charge in [-0.1, -0.05) is 13.8 Å². The van der Waals surface area contributed by atoms with Crippen LogP contribution in [0.2, 0.25) is 0 Å². The van der Waals surface area contributed by atoms with E-state index >= 15 is 0 Å². The van der Waals surface area contributed by atoms with Gasteiger partial charge in [-0.05, 0) is 31.6 Å². The van der Waals surface area contributed by atoms with Crippen molar-refractivity contribution in [3.05, 3.63) is 0 Å². The number of morpholine rings is 1. The highest BCUT2D eigenvalue weighted by Gasteiger charge is 2.31. The van der Waals surface area contributed by atoms with Crippen LogP contribution in [0.15, 0.2) is 0 Å². The Hall–Kier alpha value is -0.650. The van der Waals surface area contributed by atoms with Gasteiger partial charge in [0.2, 0.25) is 5.91 Å². The van der Waals surface area contributed by atoms with Crippen LogP contribution in [0.1, 0.15) is 40.0 Å². The number of nitrogens with one attached hydrogen (secondary N) is 2. The molecule has 19 heavy (non-hydrogen) atoms. The number of carbonyl (C=O) groups is 1. The Morgan fingerprint density at radius 1 is 1.47 bits per heavy atom. The Labute approximate surface area is 116 Å². The maximum atomic E-state index is 12.2. The van der Waals surface area contributed by atoms with Gasteiger partial charge in [0.1, 0.15) is 6.04 Å². The lowest BCUT2D eigenvalue weighted by Gasteiger charge is -2.34. The number of aliphatic hydroxyl groups is 1. The van der Waals surface area contributed by atoms with Crippen LogP contribution in [0.4, 0.5) is 0 Å². The van der Waals surface area contributed by atoms with Crippen LogP contribution in [0.5, 0.6) is 0 Å². The Kier molecular flexibility index (Phi) is 6.75. The van der Waals surface area contributed by atoms with Gasteiger partial charge in [0.05, 0.1) is 12.7 Å². The third-order valence-electron chi connectivity index (χ3n) is 4.38. The van der Waals surface area contributed by atoms with Gasteiger partial charge in [-0.3, -0.25) is 4.79 Å². The molecule has 1 aliphatic heterocycles. The first-order valence-electron chi connectivity index (χ1n) is 7.32. The minimum Gasteiger partial charge on any atom is -0.396 e. The predicted octanol–water partition coefficient (Wildman–Crippen LogP) is 0.668. The summed E-state index contributed by atoms with van der Waals surface area (Å²) in [7, 11) is 0. The molecule has 1 fully saturated rings. The monoisotopic (exact) mass is 272 g/mol. The highest BCUT2D eigenvalue weighted by atomic mass is 16.5. The third kappa shape index (κ3) is 4.44. The average Bonchev–Trinajstić information content (AvgIpc) is 2.44. The fourth-order valence-electron chi connectivity index (χ4n) is 2.59. The van der Waals surface area contributed by atoms with Crippen LogP contribution < -0.4 is 10.6 Å². The summed E-state index contributed by atoms with van der Waals surface area (Å²) in [4.78, 5) is 12.2. The lowest BCUT2D eigenvalue weighted by atomic mass is 9.79. The molecule has 1 aliphatic rings. The van der Waals surface area contributed by atoms with Gasteiger partial charge in [-0.2, -0.15) is 0 Å². The first kappa shape index (κ1) is 16.4. The molecule has 0 spiro atoms. The van der Waals surface area contributed by atoms with E-state index in [1.54, 1.807) is 0 Å². The van der Waals surface area contributed by atoms with Gasteiger partial charge in [0.15, 0.2) is 0 Å². The standard InChI is InChI=1S/C14H28N2O3/c1-4-14(5-2,6-8-17)10-16-13(18)12-11(3)19-9-7-15-12/h11-12,15,17H,4-10H2,1-3H3,(H,16,18)/t11-,12+/m1/s1. The normalized spacial score (nSPS) is 24.2. The van der Waals surface area contributed by atoms with Crippen molar-refractivity contribution in [2.24, 2.45) is 5.41 Å². The summed E-state index contributed by atoms with van der Waals surface area (Å²) in [5, 5.41) is 15.4. The summed E-state index contributed by atoms with van der Waals surface area (Å²) in [5.41, 5.74) is 0.00315. The number of carbonyl (C=O) groups excluding carboxylic acids is 1. The molecular weight excluding hydrogens is 244 g/mol. The molecule has 0 unspecified atom stereocenters. The van der Waals surface area contributed by atoms with E-state index in [2.05, 4.69) is 24.5 Å². The molecule has 0 radical (unpaired) electrons. The number of ether oxygens (including phenoxy) is 1. The molecule has 2 atom stereocenters. The zero-order valence-corrected chi connectivity index (χ0v) is 12.4. The average molecular weight is 272 g/mol. The Morgan fingerprint density at radius 3 is 2.68 bits per heavy atom. The summed E-state index contributed by atoms with van der Waals surface area (Å²) < 4.78 is 5.48. The summed E-state index contributed by atoms with van der Waals surface area (Å²) >= 11 is 0. The Bertz CT molecular complexity index is 280. The van der Waals surface area contributed by atoms with Crippen molar-refractivity contribution in [3.8, 4) is 0 Å². The Morgan fingerprint density at radius 2 is 2.16 bits per heavy atom. The van der Waals surface area contributed by atoms with Crippen molar-refractivity contribution in [1.29, 1.82) is 0 Å². The van der Waals surface area contributed by atoms with Crippen molar-refractivity contribution < 1.29 is 14.6 Å². The lowest BCUT2D eigenvalue weighted by molar-refractivity contribution is -0.129. The zero-order chi connectivity index (χ0) is 14.3. The smallest absolute Gasteiger partial charge is 0.239 e. The van der Waals surface area contributed by atoms with Crippen LogP contribution >= 0.6 is 0 Å². The van der Waals surface area contributed by atoms with E-state index in [4.69, 9.17) is 4.74 Å². The maximum absolute atomic E-state index is 12.2.